The first-order valence-corrected chi connectivity index (χ1v) is 8.09. The number of aliphatic hydroxyl groups excluding tert-OH is 1. The molecule has 4 heteroatoms. The Balaban J connectivity index is 1.70. The fourth-order valence-corrected chi connectivity index (χ4v) is 4.07. The van der Waals surface area contributed by atoms with Crippen LogP contribution in [0.25, 0.3) is 0 Å². The molecule has 2 aliphatic carbocycles. The van der Waals surface area contributed by atoms with Crippen molar-refractivity contribution < 1.29 is 14.6 Å². The molecule has 1 fully saturated rings. The Morgan fingerprint density at radius 2 is 2.27 bits per heavy atom. The summed E-state index contributed by atoms with van der Waals surface area (Å²) in [4.78, 5) is 14.4. The van der Waals surface area contributed by atoms with Crippen LogP contribution < -0.4 is 0 Å². The van der Waals surface area contributed by atoms with Gasteiger partial charge < -0.3 is 14.7 Å². The molecule has 1 aromatic carbocycles. The summed E-state index contributed by atoms with van der Waals surface area (Å²) in [7, 11) is 3.34. The lowest BCUT2D eigenvalue weighted by Crippen LogP contribution is -2.38. The van der Waals surface area contributed by atoms with E-state index >= 15 is 0 Å². The fourth-order valence-electron chi connectivity index (χ4n) is 4.07. The van der Waals surface area contributed by atoms with Crippen molar-refractivity contribution in [1.29, 1.82) is 0 Å². The molecular weight excluding hydrogens is 278 g/mol. The number of amides is 1. The summed E-state index contributed by atoms with van der Waals surface area (Å²) in [5, 5.41) is 9.81. The minimum atomic E-state index is -0.618. The number of likely N-dealkylation sites (N-methyl/N-ethyl adjacent to an activating group) is 1. The largest absolute Gasteiger partial charge is 0.389 e. The Morgan fingerprint density at radius 3 is 3.05 bits per heavy atom. The molecule has 120 valence electrons. The number of aryl methyl sites for hydroxylation is 1. The number of aliphatic hydroxyl groups is 1. The molecule has 3 rings (SSSR count). The molecule has 1 spiro atoms. The number of hydrogen-bond donors (Lipinski definition) is 1. The Morgan fingerprint density at radius 1 is 1.50 bits per heavy atom. The molecular formula is C18H25NO3. The summed E-state index contributed by atoms with van der Waals surface area (Å²) in [5.41, 5.74) is 2.85. The van der Waals surface area contributed by atoms with Crippen LogP contribution in [0.5, 0.6) is 0 Å². The lowest BCUT2D eigenvalue weighted by molar-refractivity contribution is -0.133. The van der Waals surface area contributed by atoms with E-state index in [2.05, 4.69) is 24.3 Å². The zero-order valence-electron chi connectivity index (χ0n) is 13.4. The Bertz CT molecular complexity index is 559. The minimum Gasteiger partial charge on any atom is -0.389 e. The average Bonchev–Trinajstić information content (AvgIpc) is 3.22. The van der Waals surface area contributed by atoms with Gasteiger partial charge in [-0.2, -0.15) is 0 Å². The van der Waals surface area contributed by atoms with Crippen LogP contribution in [0.1, 0.15) is 30.4 Å². The molecule has 2 aliphatic rings. The maximum atomic E-state index is 12.7. The van der Waals surface area contributed by atoms with Gasteiger partial charge in [0.25, 0.3) is 0 Å². The lowest BCUT2D eigenvalue weighted by Gasteiger charge is -2.28. The monoisotopic (exact) mass is 303 g/mol. The summed E-state index contributed by atoms with van der Waals surface area (Å²) in [6.07, 6.45) is 3.73. The maximum absolute atomic E-state index is 12.7. The number of carbonyl (C=O) groups excluding carboxylic acids is 1. The molecule has 0 unspecified atom stereocenters. The number of methoxy groups -OCH3 is 1. The highest BCUT2D eigenvalue weighted by Crippen LogP contribution is 2.60. The molecule has 4 nitrogen and oxygen atoms in total. The molecule has 1 saturated carbocycles. The van der Waals surface area contributed by atoms with Gasteiger partial charge in [0, 0.05) is 32.0 Å². The summed E-state index contributed by atoms with van der Waals surface area (Å²) < 4.78 is 4.93. The smallest absolute Gasteiger partial charge is 0.226 e. The Kier molecular flexibility index (Phi) is 4.24. The molecule has 3 atom stereocenters. The normalized spacial score (nSPS) is 27.3. The quantitative estimate of drug-likeness (QED) is 0.901. The zero-order chi connectivity index (χ0) is 15.7. The predicted molar refractivity (Wildman–Crippen MR) is 84.7 cm³/mol. The van der Waals surface area contributed by atoms with Crippen LogP contribution in [-0.4, -0.2) is 49.3 Å². The molecule has 1 amide bonds. The van der Waals surface area contributed by atoms with Crippen molar-refractivity contribution in [3.8, 4) is 0 Å². The summed E-state index contributed by atoms with van der Waals surface area (Å²) in [5.74, 6) is 0.237. The van der Waals surface area contributed by atoms with E-state index in [1.807, 2.05) is 0 Å². The van der Waals surface area contributed by atoms with Crippen LogP contribution >= 0.6 is 0 Å². The van der Waals surface area contributed by atoms with Gasteiger partial charge in [0.05, 0.1) is 12.7 Å². The van der Waals surface area contributed by atoms with Crippen molar-refractivity contribution in [1.82, 2.24) is 4.90 Å². The van der Waals surface area contributed by atoms with E-state index in [0.717, 1.165) is 25.7 Å². The molecule has 0 radical (unpaired) electrons. The first-order chi connectivity index (χ1) is 10.6. The molecule has 0 saturated heterocycles. The Labute approximate surface area is 132 Å². The van der Waals surface area contributed by atoms with Crippen molar-refractivity contribution in [2.24, 2.45) is 5.92 Å². The highest BCUT2D eigenvalue weighted by molar-refractivity contribution is 5.84. The molecule has 0 aromatic heterocycles. The van der Waals surface area contributed by atoms with Gasteiger partial charge in [-0.1, -0.05) is 24.3 Å². The van der Waals surface area contributed by atoms with E-state index in [1.54, 1.807) is 19.1 Å². The number of nitrogens with zero attached hydrogens (tertiary/aromatic N) is 1. The SMILES string of the molecule is COC[C@H](O)CN(C)C(=O)[C@H]1C[C@@]12CCCc1ccccc12. The Hall–Kier alpha value is -1.39. The number of ether oxygens (including phenoxy) is 1. The van der Waals surface area contributed by atoms with Gasteiger partial charge in [-0.3, -0.25) is 4.79 Å². The first kappa shape index (κ1) is 15.5. The van der Waals surface area contributed by atoms with Gasteiger partial charge in [0.15, 0.2) is 0 Å². The van der Waals surface area contributed by atoms with Crippen LogP contribution in [0.15, 0.2) is 24.3 Å². The van der Waals surface area contributed by atoms with E-state index in [4.69, 9.17) is 4.74 Å². The molecule has 22 heavy (non-hydrogen) atoms. The molecule has 1 N–H and O–H groups in total. The second kappa shape index (κ2) is 6.01. The highest BCUT2D eigenvalue weighted by atomic mass is 16.5. The predicted octanol–water partition coefficient (Wildman–Crippen LogP) is 1.75. The summed E-state index contributed by atoms with van der Waals surface area (Å²) in [6, 6.07) is 8.56. The first-order valence-electron chi connectivity index (χ1n) is 8.09. The number of fused-ring (bicyclic) bond motifs is 2. The van der Waals surface area contributed by atoms with Crippen molar-refractivity contribution in [3.63, 3.8) is 0 Å². The number of carbonyl (C=O) groups is 1. The van der Waals surface area contributed by atoms with E-state index in [0.29, 0.717) is 6.54 Å². The lowest BCUT2D eigenvalue weighted by atomic mass is 9.78. The van der Waals surface area contributed by atoms with Gasteiger partial charge in [-0.15, -0.1) is 0 Å². The molecule has 0 aliphatic heterocycles. The van der Waals surface area contributed by atoms with Crippen molar-refractivity contribution in [3.05, 3.63) is 35.4 Å². The topological polar surface area (TPSA) is 49.8 Å². The number of rotatable bonds is 5. The van der Waals surface area contributed by atoms with Crippen LogP contribution in [0, 0.1) is 5.92 Å². The molecule has 0 heterocycles. The van der Waals surface area contributed by atoms with Crippen molar-refractivity contribution in [2.75, 3.05) is 27.3 Å². The van der Waals surface area contributed by atoms with E-state index in [9.17, 15) is 9.90 Å². The fraction of sp³-hybridized carbons (Fsp3) is 0.611. The average molecular weight is 303 g/mol. The molecule has 0 bridgehead atoms. The zero-order valence-corrected chi connectivity index (χ0v) is 13.4. The van der Waals surface area contributed by atoms with Crippen LogP contribution in [0.2, 0.25) is 0 Å². The van der Waals surface area contributed by atoms with Crippen LogP contribution in [0.4, 0.5) is 0 Å². The van der Waals surface area contributed by atoms with Gasteiger partial charge in [-0.05, 0) is 36.8 Å². The third kappa shape index (κ3) is 2.66. The third-order valence-corrected chi connectivity index (χ3v) is 5.22. The summed E-state index contributed by atoms with van der Waals surface area (Å²) >= 11 is 0. The van der Waals surface area contributed by atoms with Gasteiger partial charge >= 0.3 is 0 Å². The van der Waals surface area contributed by atoms with Crippen LogP contribution in [-0.2, 0) is 21.4 Å². The van der Waals surface area contributed by atoms with Crippen LogP contribution in [0.3, 0.4) is 0 Å². The standard InChI is InChI=1S/C18H25NO3/c1-19(11-14(20)12-22-2)17(21)16-10-18(16)9-5-7-13-6-3-4-8-15(13)18/h3-4,6,8,14,16,20H,5,7,9-12H2,1-2H3/t14-,16-,18-/m1/s1. The summed E-state index contributed by atoms with van der Waals surface area (Å²) in [6.45, 7) is 0.594. The van der Waals surface area contributed by atoms with Gasteiger partial charge in [0.2, 0.25) is 5.91 Å². The van der Waals surface area contributed by atoms with Gasteiger partial charge in [-0.25, -0.2) is 0 Å². The maximum Gasteiger partial charge on any atom is 0.226 e. The van der Waals surface area contributed by atoms with E-state index in [-0.39, 0.29) is 23.8 Å². The third-order valence-electron chi connectivity index (χ3n) is 5.22. The second-order valence-corrected chi connectivity index (χ2v) is 6.75. The number of hydrogen-bond acceptors (Lipinski definition) is 3. The van der Waals surface area contributed by atoms with Crippen molar-refractivity contribution >= 4 is 5.91 Å². The van der Waals surface area contributed by atoms with Gasteiger partial charge in [0.1, 0.15) is 0 Å². The molecule has 1 aromatic rings. The highest BCUT2D eigenvalue weighted by Gasteiger charge is 2.60. The van der Waals surface area contributed by atoms with Crippen molar-refractivity contribution in [2.45, 2.75) is 37.2 Å². The number of benzene rings is 1. The van der Waals surface area contributed by atoms with E-state index < -0.39 is 6.10 Å². The van der Waals surface area contributed by atoms with E-state index in [1.165, 1.54) is 11.1 Å². The minimum absolute atomic E-state index is 0.0619. The second-order valence-electron chi connectivity index (χ2n) is 6.75.